The van der Waals surface area contributed by atoms with Crippen LogP contribution in [-0.2, 0) is 29.0 Å². The van der Waals surface area contributed by atoms with Gasteiger partial charge >= 0.3 is 6.03 Å². The van der Waals surface area contributed by atoms with Crippen molar-refractivity contribution >= 4 is 23.5 Å². The van der Waals surface area contributed by atoms with Crippen LogP contribution in [0, 0.1) is 0 Å². The molecule has 1 aliphatic rings. The Morgan fingerprint density at radius 1 is 0.530 bits per heavy atom. The summed E-state index contributed by atoms with van der Waals surface area (Å²) in [4.78, 5) is 42.1. The smallest absolute Gasteiger partial charge is 0.338 e. The number of anilines is 1. The molecule has 6 nitrogen and oxygen atoms in total. The quantitative estimate of drug-likeness (QED) is 0.0716. The molecular formula is C60H60N2O4. The molecule has 1 fully saturated rings. The number of hydrogen-bond acceptors (Lipinski definition) is 4. The topological polar surface area (TPSA) is 66.9 Å². The first-order valence-corrected chi connectivity index (χ1v) is 23.6. The lowest BCUT2D eigenvalue weighted by molar-refractivity contribution is -0.132. The van der Waals surface area contributed by atoms with E-state index in [0.29, 0.717) is 41.7 Å². The third-order valence-corrected chi connectivity index (χ3v) is 13.3. The lowest BCUT2D eigenvalue weighted by Crippen LogP contribution is -2.41. The second-order valence-corrected chi connectivity index (χ2v) is 17.8. The van der Waals surface area contributed by atoms with Gasteiger partial charge in [0.25, 0.3) is 5.91 Å². The summed E-state index contributed by atoms with van der Waals surface area (Å²) in [6, 6.07) is 68.0. The third-order valence-electron chi connectivity index (χ3n) is 13.3. The molecule has 1 heterocycles. The van der Waals surface area contributed by atoms with Crippen LogP contribution in [0.25, 0.3) is 0 Å². The molecule has 7 aromatic rings. The van der Waals surface area contributed by atoms with Crippen molar-refractivity contribution in [3.05, 3.63) is 239 Å². The maximum absolute atomic E-state index is 13.6. The minimum absolute atomic E-state index is 0.125. The minimum atomic E-state index is -0.909. The summed E-state index contributed by atoms with van der Waals surface area (Å²) in [7, 11) is 0. The van der Waals surface area contributed by atoms with Crippen LogP contribution < -0.4 is 9.64 Å². The lowest BCUT2D eigenvalue weighted by atomic mass is 9.74. The number of urea groups is 1. The number of rotatable bonds is 20. The van der Waals surface area contributed by atoms with Gasteiger partial charge in [0, 0.05) is 12.8 Å². The molecule has 66 heavy (non-hydrogen) atoms. The van der Waals surface area contributed by atoms with Gasteiger partial charge in [0.15, 0.2) is 0 Å². The first-order valence-electron chi connectivity index (χ1n) is 23.6. The Hall–Kier alpha value is -7.05. The van der Waals surface area contributed by atoms with Crippen LogP contribution in [0.1, 0.15) is 109 Å². The Bertz CT molecular complexity index is 2600. The number of ether oxygens (including phenoxy) is 1. The van der Waals surface area contributed by atoms with E-state index in [1.807, 2.05) is 30.3 Å². The molecule has 0 saturated carbocycles. The fourth-order valence-electron chi connectivity index (χ4n) is 9.66. The van der Waals surface area contributed by atoms with E-state index in [2.05, 4.69) is 153 Å². The van der Waals surface area contributed by atoms with Crippen molar-refractivity contribution in [2.24, 2.45) is 0 Å². The highest BCUT2D eigenvalue weighted by atomic mass is 16.5. The van der Waals surface area contributed by atoms with E-state index < -0.39 is 18.0 Å². The number of imide groups is 2. The molecule has 1 aliphatic heterocycles. The summed E-state index contributed by atoms with van der Waals surface area (Å²) < 4.78 is 6.23. The highest BCUT2D eigenvalue weighted by Gasteiger charge is 2.48. The SMILES string of the molecule is CCC(=O)N1C(=O)N(c2ccccc2)C(=O)[C@@H]1Cc1ccc(OCc2ccc(C(C)CC(CC(CC(CCc3ccccc3)c3ccccc3)c3ccccc3)c3ccccc3)cc2)cc1. The van der Waals surface area contributed by atoms with E-state index in [4.69, 9.17) is 4.74 Å². The zero-order valence-electron chi connectivity index (χ0n) is 38.1. The number of carbonyl (C=O) groups excluding carboxylic acids is 3. The minimum Gasteiger partial charge on any atom is -0.489 e. The molecule has 8 rings (SSSR count). The van der Waals surface area contributed by atoms with Gasteiger partial charge < -0.3 is 4.74 Å². The van der Waals surface area contributed by atoms with Gasteiger partial charge in [-0.05, 0) is 119 Å². The van der Waals surface area contributed by atoms with Crippen molar-refractivity contribution in [3.8, 4) is 5.75 Å². The monoisotopic (exact) mass is 872 g/mol. The molecule has 7 aromatic carbocycles. The average Bonchev–Trinajstić information content (AvgIpc) is 3.62. The molecule has 5 atom stereocenters. The number of aryl methyl sites for hydroxylation is 1. The maximum atomic E-state index is 13.6. The van der Waals surface area contributed by atoms with E-state index in [0.717, 1.165) is 53.0 Å². The highest BCUT2D eigenvalue weighted by molar-refractivity contribution is 6.25. The van der Waals surface area contributed by atoms with Crippen LogP contribution in [0.15, 0.2) is 200 Å². The van der Waals surface area contributed by atoms with Crippen LogP contribution in [-0.4, -0.2) is 28.8 Å². The molecule has 0 aromatic heterocycles. The second-order valence-electron chi connectivity index (χ2n) is 17.8. The molecule has 6 heteroatoms. The predicted octanol–water partition coefficient (Wildman–Crippen LogP) is 13.8. The van der Waals surface area contributed by atoms with Gasteiger partial charge in [-0.3, -0.25) is 14.5 Å². The van der Waals surface area contributed by atoms with E-state index >= 15 is 0 Å². The number of amides is 4. The van der Waals surface area contributed by atoms with E-state index in [9.17, 15) is 14.4 Å². The fourth-order valence-corrected chi connectivity index (χ4v) is 9.66. The van der Waals surface area contributed by atoms with Crippen molar-refractivity contribution in [1.82, 2.24) is 4.90 Å². The van der Waals surface area contributed by atoms with E-state index in [1.54, 1.807) is 31.2 Å². The third kappa shape index (κ3) is 11.4. The molecule has 0 aliphatic carbocycles. The standard InChI is InChI=1S/C60H60N2O4/c1-3-58(63)62-57(59(64)61(60(62)65)55-27-17-8-18-28-55)40-46-32-37-56(38-33-46)66-43-47-30-34-48(35-31-47)44(2)39-53(50-23-13-6-14-24-50)42-54(51-25-15-7-16-26-51)41-52(49-21-11-5-12-22-49)36-29-45-19-9-4-10-20-45/h4-28,30-35,37-38,44,52-54,57H,3,29,36,39-43H2,1-2H3/t44?,52?,53?,54?,57-/m0/s1. The Balaban J connectivity index is 0.921. The van der Waals surface area contributed by atoms with Crippen LogP contribution in [0.3, 0.4) is 0 Å². The van der Waals surface area contributed by atoms with Gasteiger partial charge in [-0.1, -0.05) is 190 Å². The van der Waals surface area contributed by atoms with E-state index in [-0.39, 0.29) is 18.7 Å². The van der Waals surface area contributed by atoms with Crippen molar-refractivity contribution < 1.29 is 19.1 Å². The number of para-hydroxylation sites is 1. The van der Waals surface area contributed by atoms with Crippen molar-refractivity contribution in [3.63, 3.8) is 0 Å². The summed E-state index contributed by atoms with van der Waals surface area (Å²) >= 11 is 0. The lowest BCUT2D eigenvalue weighted by Gasteiger charge is -2.30. The van der Waals surface area contributed by atoms with Crippen molar-refractivity contribution in [2.45, 2.75) is 95.1 Å². The van der Waals surface area contributed by atoms with E-state index in [1.165, 1.54) is 27.8 Å². The van der Waals surface area contributed by atoms with Gasteiger partial charge in [-0.2, -0.15) is 0 Å². The van der Waals surface area contributed by atoms with Gasteiger partial charge in [-0.25, -0.2) is 9.69 Å². The molecular weight excluding hydrogens is 813 g/mol. The van der Waals surface area contributed by atoms with Crippen molar-refractivity contribution in [2.75, 3.05) is 4.90 Å². The summed E-state index contributed by atoms with van der Waals surface area (Å²) in [5.74, 6) is 1.45. The molecule has 0 bridgehead atoms. The first kappa shape index (κ1) is 45.5. The first-order chi connectivity index (χ1) is 32.3. The second kappa shape index (κ2) is 22.2. The molecule has 0 spiro atoms. The largest absolute Gasteiger partial charge is 0.489 e. The number of hydrogen-bond donors (Lipinski definition) is 0. The summed E-state index contributed by atoms with van der Waals surface area (Å²) in [5, 5.41) is 0. The van der Waals surface area contributed by atoms with Crippen LogP contribution in [0.5, 0.6) is 5.75 Å². The number of nitrogens with zero attached hydrogens (tertiary/aromatic N) is 2. The molecule has 1 saturated heterocycles. The van der Waals surface area contributed by atoms with Gasteiger partial charge in [0.2, 0.25) is 5.91 Å². The van der Waals surface area contributed by atoms with Crippen LogP contribution >= 0.6 is 0 Å². The maximum Gasteiger partial charge on any atom is 0.338 e. The molecule has 4 amide bonds. The molecule has 0 N–H and O–H groups in total. The fraction of sp³-hybridized carbons (Fsp3) is 0.250. The van der Waals surface area contributed by atoms with Gasteiger partial charge in [0.05, 0.1) is 5.69 Å². The number of carbonyl (C=O) groups is 3. The molecule has 334 valence electrons. The Morgan fingerprint density at radius 3 is 1.58 bits per heavy atom. The average molecular weight is 873 g/mol. The zero-order valence-corrected chi connectivity index (χ0v) is 38.1. The summed E-state index contributed by atoms with van der Waals surface area (Å²) in [6.45, 7) is 4.47. The Labute approximate surface area is 390 Å². The summed E-state index contributed by atoms with van der Waals surface area (Å²) in [6.07, 6.45) is 5.69. The zero-order chi connectivity index (χ0) is 45.7. The van der Waals surface area contributed by atoms with Crippen molar-refractivity contribution in [1.29, 1.82) is 0 Å². The van der Waals surface area contributed by atoms with Gasteiger partial charge in [-0.15, -0.1) is 0 Å². The van der Waals surface area contributed by atoms with Crippen LogP contribution in [0.2, 0.25) is 0 Å². The Morgan fingerprint density at radius 2 is 1.02 bits per heavy atom. The number of benzene rings is 7. The summed E-state index contributed by atoms with van der Waals surface area (Å²) in [5.41, 5.74) is 9.29. The Kier molecular flexibility index (Phi) is 15.3. The predicted molar refractivity (Wildman–Crippen MR) is 266 cm³/mol. The van der Waals surface area contributed by atoms with Gasteiger partial charge in [0.1, 0.15) is 18.4 Å². The molecule has 4 unspecified atom stereocenters. The van der Waals surface area contributed by atoms with Crippen LogP contribution in [0.4, 0.5) is 10.5 Å². The molecule has 0 radical (unpaired) electrons. The normalized spacial score (nSPS) is 15.6. The highest BCUT2D eigenvalue weighted by Crippen LogP contribution is 2.42.